The quantitative estimate of drug-likeness (QED) is 0.856. The van der Waals surface area contributed by atoms with E-state index in [2.05, 4.69) is 6.07 Å². The van der Waals surface area contributed by atoms with Crippen LogP contribution in [0.25, 0.3) is 0 Å². The first-order chi connectivity index (χ1) is 11.2. The maximum Gasteiger partial charge on any atom is 0.255 e. The van der Waals surface area contributed by atoms with Crippen LogP contribution in [0.2, 0.25) is 0 Å². The predicted octanol–water partition coefficient (Wildman–Crippen LogP) is 2.42. The number of amides is 1. The number of anilines is 1. The topological polar surface area (TPSA) is 62.6 Å². The molecule has 5 heteroatoms. The van der Waals surface area contributed by atoms with Gasteiger partial charge in [0.25, 0.3) is 5.91 Å². The lowest BCUT2D eigenvalue weighted by Gasteiger charge is -2.32. The summed E-state index contributed by atoms with van der Waals surface area (Å²) < 4.78 is 11.3. The van der Waals surface area contributed by atoms with Gasteiger partial charge in [-0.1, -0.05) is 6.07 Å². The summed E-state index contributed by atoms with van der Waals surface area (Å²) in [5.41, 5.74) is 2.49. The number of rotatable bonds is 4. The molecule has 1 aromatic carbocycles. The molecule has 5 nitrogen and oxygen atoms in total. The Labute approximate surface area is 136 Å². The molecule has 1 amide bonds. The zero-order chi connectivity index (χ0) is 16.2. The second-order valence-corrected chi connectivity index (χ2v) is 6.12. The monoisotopic (exact) mass is 314 g/mol. The largest absolute Gasteiger partial charge is 0.376 e. The molecule has 0 N–H and O–H groups in total. The third-order valence-corrected chi connectivity index (χ3v) is 4.54. The van der Waals surface area contributed by atoms with E-state index in [9.17, 15) is 10.1 Å². The molecular formula is C18H22N2O3. The molecule has 1 aromatic rings. The van der Waals surface area contributed by atoms with Crippen molar-refractivity contribution in [1.29, 1.82) is 5.26 Å². The summed E-state index contributed by atoms with van der Waals surface area (Å²) in [5.74, 6) is -0.0426. The summed E-state index contributed by atoms with van der Waals surface area (Å²) in [5, 5.41) is 9.24. The van der Waals surface area contributed by atoms with Gasteiger partial charge in [0.15, 0.2) is 0 Å². The summed E-state index contributed by atoms with van der Waals surface area (Å²) in [6.07, 6.45) is 3.38. The smallest absolute Gasteiger partial charge is 0.255 e. The minimum atomic E-state index is -0.504. The molecule has 2 unspecified atom stereocenters. The minimum absolute atomic E-state index is 0.0426. The van der Waals surface area contributed by atoms with Gasteiger partial charge < -0.3 is 14.4 Å². The number of carbonyl (C=O) groups is 1. The van der Waals surface area contributed by atoms with Crippen LogP contribution in [-0.2, 0) is 20.7 Å². The second kappa shape index (κ2) is 7.12. The molecule has 0 aromatic heterocycles. The number of hydrogen-bond donors (Lipinski definition) is 0. The standard InChI is InChI=1S/C18H22N2O3/c1-13(23-12-15-6-4-10-22-15)18(21)20-9-3-7-16-14(11-19)5-2-8-17(16)20/h2,5,8,13,15H,3-4,6-7,9-10,12H2,1H3. The molecule has 0 spiro atoms. The molecule has 1 saturated heterocycles. The summed E-state index contributed by atoms with van der Waals surface area (Å²) in [4.78, 5) is 14.5. The summed E-state index contributed by atoms with van der Waals surface area (Å²) in [6, 6.07) is 7.78. The highest BCUT2D eigenvalue weighted by atomic mass is 16.5. The van der Waals surface area contributed by atoms with Crippen molar-refractivity contribution < 1.29 is 14.3 Å². The van der Waals surface area contributed by atoms with Crippen LogP contribution in [-0.4, -0.2) is 37.9 Å². The Kier molecular flexibility index (Phi) is 4.94. The van der Waals surface area contributed by atoms with Crippen LogP contribution in [0.4, 0.5) is 5.69 Å². The van der Waals surface area contributed by atoms with Crippen LogP contribution < -0.4 is 4.90 Å². The van der Waals surface area contributed by atoms with Crippen molar-refractivity contribution in [3.8, 4) is 6.07 Å². The fourth-order valence-electron chi connectivity index (χ4n) is 3.28. The van der Waals surface area contributed by atoms with Crippen molar-refractivity contribution >= 4 is 11.6 Å². The van der Waals surface area contributed by atoms with Gasteiger partial charge in [0.1, 0.15) is 6.10 Å². The highest BCUT2D eigenvalue weighted by Crippen LogP contribution is 2.30. The number of fused-ring (bicyclic) bond motifs is 1. The summed E-state index contributed by atoms with van der Waals surface area (Å²) >= 11 is 0. The fraction of sp³-hybridized carbons (Fsp3) is 0.556. The van der Waals surface area contributed by atoms with E-state index in [1.165, 1.54) is 0 Å². The average molecular weight is 314 g/mol. The van der Waals surface area contributed by atoms with Crippen LogP contribution in [0.1, 0.15) is 37.3 Å². The first kappa shape index (κ1) is 16.0. The normalized spacial score (nSPS) is 21.6. The van der Waals surface area contributed by atoms with Gasteiger partial charge in [0.2, 0.25) is 0 Å². The van der Waals surface area contributed by atoms with Crippen molar-refractivity contribution in [2.45, 2.75) is 44.8 Å². The van der Waals surface area contributed by atoms with Crippen LogP contribution in [0, 0.1) is 11.3 Å². The molecule has 0 aliphatic carbocycles. The molecule has 23 heavy (non-hydrogen) atoms. The van der Waals surface area contributed by atoms with Gasteiger partial charge in [-0.2, -0.15) is 5.26 Å². The van der Waals surface area contributed by atoms with Gasteiger partial charge in [-0.25, -0.2) is 0 Å². The number of nitrogens with zero attached hydrogens (tertiary/aromatic N) is 2. The van der Waals surface area contributed by atoms with Crippen molar-refractivity contribution in [1.82, 2.24) is 0 Å². The lowest BCUT2D eigenvalue weighted by atomic mass is 9.96. The maximum absolute atomic E-state index is 12.7. The van der Waals surface area contributed by atoms with Crippen molar-refractivity contribution in [3.63, 3.8) is 0 Å². The van der Waals surface area contributed by atoms with E-state index in [-0.39, 0.29) is 12.0 Å². The van der Waals surface area contributed by atoms with Gasteiger partial charge in [0.05, 0.1) is 24.3 Å². The van der Waals surface area contributed by atoms with Crippen molar-refractivity contribution in [2.75, 3.05) is 24.7 Å². The van der Waals surface area contributed by atoms with Crippen LogP contribution in [0.5, 0.6) is 0 Å². The minimum Gasteiger partial charge on any atom is -0.376 e. The average Bonchev–Trinajstić information content (AvgIpc) is 3.11. The number of carbonyl (C=O) groups excluding carboxylic acids is 1. The number of nitriles is 1. The molecule has 0 radical (unpaired) electrons. The SMILES string of the molecule is CC(OCC1CCCO1)C(=O)N1CCCc2c(C#N)cccc21. The lowest BCUT2D eigenvalue weighted by molar-refractivity contribution is -0.131. The van der Waals surface area contributed by atoms with E-state index in [1.54, 1.807) is 11.8 Å². The second-order valence-electron chi connectivity index (χ2n) is 6.12. The Hall–Kier alpha value is -1.90. The lowest BCUT2D eigenvalue weighted by Crippen LogP contribution is -2.43. The Morgan fingerprint density at radius 1 is 1.52 bits per heavy atom. The van der Waals surface area contributed by atoms with Gasteiger partial charge >= 0.3 is 0 Å². The Morgan fingerprint density at radius 2 is 2.39 bits per heavy atom. The first-order valence-electron chi connectivity index (χ1n) is 8.27. The molecule has 3 rings (SSSR count). The number of benzene rings is 1. The van der Waals surface area contributed by atoms with Crippen molar-refractivity contribution in [3.05, 3.63) is 29.3 Å². The predicted molar refractivity (Wildman–Crippen MR) is 86.2 cm³/mol. The van der Waals surface area contributed by atoms with E-state index in [4.69, 9.17) is 9.47 Å². The molecule has 2 aliphatic heterocycles. The van der Waals surface area contributed by atoms with Gasteiger partial charge in [-0.3, -0.25) is 4.79 Å². The molecule has 2 aliphatic rings. The molecule has 0 bridgehead atoms. The van der Waals surface area contributed by atoms with E-state index in [0.29, 0.717) is 18.7 Å². The number of hydrogen-bond acceptors (Lipinski definition) is 4. The van der Waals surface area contributed by atoms with E-state index in [0.717, 1.165) is 43.5 Å². The molecule has 0 saturated carbocycles. The van der Waals surface area contributed by atoms with Gasteiger partial charge in [-0.15, -0.1) is 0 Å². The third-order valence-electron chi connectivity index (χ3n) is 4.54. The molecule has 2 atom stereocenters. The molecule has 122 valence electrons. The number of ether oxygens (including phenoxy) is 2. The van der Waals surface area contributed by atoms with Crippen molar-refractivity contribution in [2.24, 2.45) is 0 Å². The maximum atomic E-state index is 12.7. The highest BCUT2D eigenvalue weighted by molar-refractivity contribution is 5.97. The molecule has 1 fully saturated rings. The fourth-order valence-corrected chi connectivity index (χ4v) is 3.28. The van der Waals surface area contributed by atoms with Gasteiger partial charge in [-0.05, 0) is 50.3 Å². The Balaban J connectivity index is 1.69. The van der Waals surface area contributed by atoms with E-state index in [1.807, 2.05) is 18.2 Å². The van der Waals surface area contributed by atoms with Crippen LogP contribution in [0.3, 0.4) is 0 Å². The Morgan fingerprint density at radius 3 is 3.13 bits per heavy atom. The zero-order valence-corrected chi connectivity index (χ0v) is 13.5. The zero-order valence-electron chi connectivity index (χ0n) is 13.5. The third kappa shape index (κ3) is 3.39. The summed E-state index contributed by atoms with van der Waals surface area (Å²) in [7, 11) is 0. The summed E-state index contributed by atoms with van der Waals surface area (Å²) in [6.45, 7) is 3.71. The highest BCUT2D eigenvalue weighted by Gasteiger charge is 2.28. The van der Waals surface area contributed by atoms with Gasteiger partial charge in [0, 0.05) is 18.8 Å². The van der Waals surface area contributed by atoms with Crippen LogP contribution in [0.15, 0.2) is 18.2 Å². The van der Waals surface area contributed by atoms with E-state index < -0.39 is 6.10 Å². The molecular weight excluding hydrogens is 292 g/mol. The first-order valence-corrected chi connectivity index (χ1v) is 8.27. The molecule has 2 heterocycles. The van der Waals surface area contributed by atoms with E-state index >= 15 is 0 Å². The Bertz CT molecular complexity index is 617. The van der Waals surface area contributed by atoms with Crippen LogP contribution >= 0.6 is 0 Å².